The lowest BCUT2D eigenvalue weighted by Gasteiger charge is -2.23. The van der Waals surface area contributed by atoms with E-state index in [4.69, 9.17) is 0 Å². The zero-order chi connectivity index (χ0) is 13.5. The summed E-state index contributed by atoms with van der Waals surface area (Å²) in [7, 11) is 0. The molecule has 0 spiro atoms. The molecule has 4 heteroatoms. The largest absolute Gasteiger partial charge is 0.391 e. The summed E-state index contributed by atoms with van der Waals surface area (Å²) in [5.41, 5.74) is 0.0829. The second-order valence-corrected chi connectivity index (χ2v) is 5.87. The molecule has 2 atom stereocenters. The van der Waals surface area contributed by atoms with Crippen LogP contribution >= 0.6 is 0 Å². The van der Waals surface area contributed by atoms with E-state index in [1.807, 2.05) is 13.8 Å². The first kappa shape index (κ1) is 16.4. The van der Waals surface area contributed by atoms with Crippen molar-refractivity contribution in [2.75, 3.05) is 19.6 Å². The summed E-state index contributed by atoms with van der Waals surface area (Å²) in [6.45, 7) is 12.0. The van der Waals surface area contributed by atoms with Gasteiger partial charge in [0.05, 0.1) is 6.10 Å². The standard InChI is InChI=1S/C13H28N2O2/c1-6-14-8-10(2)12(17)15-9-11(16)7-13(3,4)5/h10-11,14,16H,6-9H2,1-5H3,(H,15,17). The SMILES string of the molecule is CCNCC(C)C(=O)NCC(O)CC(C)(C)C. The average Bonchev–Trinajstić information content (AvgIpc) is 2.20. The minimum absolute atomic E-state index is 0.00101. The molecule has 0 saturated heterocycles. The van der Waals surface area contributed by atoms with Gasteiger partial charge >= 0.3 is 0 Å². The van der Waals surface area contributed by atoms with Gasteiger partial charge in [-0.25, -0.2) is 0 Å². The van der Waals surface area contributed by atoms with Gasteiger partial charge in [-0.05, 0) is 18.4 Å². The second-order valence-electron chi connectivity index (χ2n) is 5.87. The van der Waals surface area contributed by atoms with Gasteiger partial charge in [-0.1, -0.05) is 34.6 Å². The van der Waals surface area contributed by atoms with Crippen LogP contribution in [0, 0.1) is 11.3 Å². The van der Waals surface area contributed by atoms with E-state index < -0.39 is 6.10 Å². The second kappa shape index (κ2) is 7.67. The molecule has 0 fully saturated rings. The highest BCUT2D eigenvalue weighted by atomic mass is 16.3. The summed E-state index contributed by atoms with van der Waals surface area (Å²) < 4.78 is 0. The van der Waals surface area contributed by atoms with E-state index in [-0.39, 0.29) is 17.2 Å². The quantitative estimate of drug-likeness (QED) is 0.629. The van der Waals surface area contributed by atoms with Crippen LogP contribution in [0.25, 0.3) is 0 Å². The molecule has 1 amide bonds. The minimum Gasteiger partial charge on any atom is -0.391 e. The van der Waals surface area contributed by atoms with Crippen LogP contribution in [0.2, 0.25) is 0 Å². The Bertz CT molecular complexity index is 224. The van der Waals surface area contributed by atoms with Crippen LogP contribution in [0.5, 0.6) is 0 Å². The number of carbonyl (C=O) groups is 1. The normalized spacial score (nSPS) is 15.4. The summed E-state index contributed by atoms with van der Waals surface area (Å²) >= 11 is 0. The molecular formula is C13H28N2O2. The highest BCUT2D eigenvalue weighted by molar-refractivity contribution is 5.78. The Morgan fingerprint density at radius 3 is 2.35 bits per heavy atom. The third-order valence-corrected chi connectivity index (χ3v) is 2.51. The molecule has 0 aliphatic rings. The van der Waals surface area contributed by atoms with Gasteiger partial charge in [0.1, 0.15) is 0 Å². The van der Waals surface area contributed by atoms with E-state index in [0.29, 0.717) is 19.5 Å². The maximum absolute atomic E-state index is 11.7. The number of amides is 1. The van der Waals surface area contributed by atoms with Crippen LogP contribution in [0.3, 0.4) is 0 Å². The Kier molecular flexibility index (Phi) is 7.39. The molecule has 0 aromatic carbocycles. The molecule has 0 rings (SSSR count). The third kappa shape index (κ3) is 9.12. The molecule has 0 heterocycles. The first-order valence-electron chi connectivity index (χ1n) is 6.42. The summed E-state index contributed by atoms with van der Waals surface area (Å²) in [4.78, 5) is 11.7. The highest BCUT2D eigenvalue weighted by Crippen LogP contribution is 2.20. The van der Waals surface area contributed by atoms with E-state index in [0.717, 1.165) is 6.54 Å². The van der Waals surface area contributed by atoms with E-state index >= 15 is 0 Å². The number of carbonyl (C=O) groups excluding carboxylic acids is 1. The molecule has 0 aliphatic heterocycles. The molecule has 0 saturated carbocycles. The maximum atomic E-state index is 11.7. The number of rotatable bonds is 7. The molecule has 3 N–H and O–H groups in total. The van der Waals surface area contributed by atoms with Gasteiger partial charge < -0.3 is 15.7 Å². The number of hydrogen-bond acceptors (Lipinski definition) is 3. The lowest BCUT2D eigenvalue weighted by molar-refractivity contribution is -0.124. The van der Waals surface area contributed by atoms with Crippen molar-refractivity contribution in [2.45, 2.75) is 47.1 Å². The molecule has 102 valence electrons. The average molecular weight is 244 g/mol. The first-order valence-corrected chi connectivity index (χ1v) is 6.42. The molecule has 4 nitrogen and oxygen atoms in total. The number of aliphatic hydroxyl groups excluding tert-OH is 1. The Morgan fingerprint density at radius 2 is 1.88 bits per heavy atom. The van der Waals surface area contributed by atoms with E-state index in [9.17, 15) is 9.90 Å². The van der Waals surface area contributed by atoms with E-state index in [1.54, 1.807) is 0 Å². The van der Waals surface area contributed by atoms with E-state index in [1.165, 1.54) is 0 Å². The summed E-state index contributed by atoms with van der Waals surface area (Å²) in [6, 6.07) is 0. The molecule has 0 aliphatic carbocycles. The smallest absolute Gasteiger partial charge is 0.224 e. The van der Waals surface area contributed by atoms with Crippen LogP contribution in [-0.2, 0) is 4.79 Å². The van der Waals surface area contributed by atoms with Crippen LogP contribution < -0.4 is 10.6 Å². The monoisotopic (exact) mass is 244 g/mol. The van der Waals surface area contributed by atoms with Crippen LogP contribution in [0.15, 0.2) is 0 Å². The van der Waals surface area contributed by atoms with Gasteiger partial charge in [-0.2, -0.15) is 0 Å². The highest BCUT2D eigenvalue weighted by Gasteiger charge is 2.18. The van der Waals surface area contributed by atoms with Crippen molar-refractivity contribution in [3.05, 3.63) is 0 Å². The van der Waals surface area contributed by atoms with Gasteiger partial charge in [-0.3, -0.25) is 4.79 Å². The first-order chi connectivity index (χ1) is 7.76. The predicted octanol–water partition coefficient (Wildman–Crippen LogP) is 1.15. The number of hydrogen-bond donors (Lipinski definition) is 3. The predicted molar refractivity (Wildman–Crippen MR) is 70.8 cm³/mol. The molecule has 0 aromatic heterocycles. The van der Waals surface area contributed by atoms with Crippen LogP contribution in [0.1, 0.15) is 41.0 Å². The van der Waals surface area contributed by atoms with Crippen molar-refractivity contribution in [1.82, 2.24) is 10.6 Å². The van der Waals surface area contributed by atoms with Crippen LogP contribution in [-0.4, -0.2) is 36.8 Å². The van der Waals surface area contributed by atoms with Gasteiger partial charge in [0.25, 0.3) is 0 Å². The number of nitrogens with one attached hydrogen (secondary N) is 2. The fourth-order valence-corrected chi connectivity index (χ4v) is 1.63. The zero-order valence-electron chi connectivity index (χ0n) is 11.8. The lowest BCUT2D eigenvalue weighted by atomic mass is 9.89. The van der Waals surface area contributed by atoms with E-state index in [2.05, 4.69) is 31.4 Å². The van der Waals surface area contributed by atoms with Crippen molar-refractivity contribution >= 4 is 5.91 Å². The van der Waals surface area contributed by atoms with Gasteiger partial charge in [0.2, 0.25) is 5.91 Å². The molecule has 0 aromatic rings. The van der Waals surface area contributed by atoms with Gasteiger partial charge in [-0.15, -0.1) is 0 Å². The Morgan fingerprint density at radius 1 is 1.29 bits per heavy atom. The fourth-order valence-electron chi connectivity index (χ4n) is 1.63. The molecule has 0 radical (unpaired) electrons. The minimum atomic E-state index is -0.467. The zero-order valence-corrected chi connectivity index (χ0v) is 11.8. The molecule has 0 bridgehead atoms. The topological polar surface area (TPSA) is 61.4 Å². The lowest BCUT2D eigenvalue weighted by Crippen LogP contribution is -2.39. The van der Waals surface area contributed by atoms with Crippen LogP contribution in [0.4, 0.5) is 0 Å². The number of aliphatic hydroxyl groups is 1. The van der Waals surface area contributed by atoms with Gasteiger partial charge in [0, 0.05) is 19.0 Å². The Labute approximate surface area is 105 Å². The summed E-state index contributed by atoms with van der Waals surface area (Å²) in [5, 5.41) is 15.7. The maximum Gasteiger partial charge on any atom is 0.224 e. The fraction of sp³-hybridized carbons (Fsp3) is 0.923. The summed E-state index contributed by atoms with van der Waals surface area (Å²) in [5.74, 6) is -0.0595. The van der Waals surface area contributed by atoms with Crippen molar-refractivity contribution < 1.29 is 9.90 Å². The van der Waals surface area contributed by atoms with Crippen molar-refractivity contribution in [2.24, 2.45) is 11.3 Å². The third-order valence-electron chi connectivity index (χ3n) is 2.51. The summed E-state index contributed by atoms with van der Waals surface area (Å²) in [6.07, 6.45) is 0.222. The van der Waals surface area contributed by atoms with Crippen molar-refractivity contribution in [1.29, 1.82) is 0 Å². The van der Waals surface area contributed by atoms with Gasteiger partial charge in [0.15, 0.2) is 0 Å². The van der Waals surface area contributed by atoms with Crippen molar-refractivity contribution in [3.8, 4) is 0 Å². The Balaban J connectivity index is 3.83. The molecule has 2 unspecified atom stereocenters. The van der Waals surface area contributed by atoms with Crippen molar-refractivity contribution in [3.63, 3.8) is 0 Å². The molecule has 17 heavy (non-hydrogen) atoms. The Hall–Kier alpha value is -0.610. The molecular weight excluding hydrogens is 216 g/mol.